The van der Waals surface area contributed by atoms with Crippen LogP contribution in [0.25, 0.3) is 17.0 Å². The summed E-state index contributed by atoms with van der Waals surface area (Å²) in [4.78, 5) is 34.3. The number of carbonyl (C=O) groups is 2. The number of rotatable bonds is 16. The summed E-state index contributed by atoms with van der Waals surface area (Å²) in [6, 6.07) is 63.4. The van der Waals surface area contributed by atoms with Gasteiger partial charge in [0.1, 0.15) is 11.6 Å². The van der Waals surface area contributed by atoms with Crippen LogP contribution in [-0.2, 0) is 6.42 Å². The van der Waals surface area contributed by atoms with Gasteiger partial charge < -0.3 is 14.6 Å². The standard InChI is InChI=1S/C57H40N4O2S2/c1-59-53(57(63)55-21-11-39-65-55)19-9-13-43-24-32-50(33-25-43)61(48-17-6-3-7-18-48)52-36-28-45(29-37-52)40-44-26-34-51(35-27-44)60(47-15-4-2-5-16-47)49-30-22-42(23-31-49)12-8-14-46(41-58)56(62)54-20-10-38-64-54/h2-39H,40H2/b12-8-,13-9-,46-14+,53-19-. The highest BCUT2D eigenvalue weighted by atomic mass is 32.1. The molecular weight excluding hydrogens is 837 g/mol. The smallest absolute Gasteiger partial charge is 0.234 e. The van der Waals surface area contributed by atoms with Crippen LogP contribution in [0.2, 0.25) is 0 Å². The van der Waals surface area contributed by atoms with Gasteiger partial charge in [-0.05, 0) is 130 Å². The maximum atomic E-state index is 12.7. The van der Waals surface area contributed by atoms with E-state index < -0.39 is 0 Å². The van der Waals surface area contributed by atoms with Gasteiger partial charge in [0, 0.05) is 34.1 Å². The zero-order valence-corrected chi connectivity index (χ0v) is 36.7. The molecule has 2 aromatic heterocycles. The first-order chi connectivity index (χ1) is 32.0. The minimum Gasteiger partial charge on any atom is -0.311 e. The van der Waals surface area contributed by atoms with Crippen LogP contribution >= 0.6 is 22.7 Å². The zero-order chi connectivity index (χ0) is 44.8. The van der Waals surface area contributed by atoms with Gasteiger partial charge in [0.05, 0.1) is 16.3 Å². The lowest BCUT2D eigenvalue weighted by Gasteiger charge is -2.26. The second-order valence-electron chi connectivity index (χ2n) is 14.7. The van der Waals surface area contributed by atoms with Crippen LogP contribution in [0.1, 0.15) is 41.6 Å². The number of carbonyl (C=O) groups excluding carboxylic acids is 2. The van der Waals surface area contributed by atoms with Crippen molar-refractivity contribution in [3.63, 3.8) is 0 Å². The molecule has 0 unspecified atom stereocenters. The van der Waals surface area contributed by atoms with Gasteiger partial charge in [-0.3, -0.25) is 4.79 Å². The van der Waals surface area contributed by atoms with E-state index in [2.05, 4.69) is 112 Å². The Morgan fingerprint density at radius 1 is 0.508 bits per heavy atom. The first kappa shape index (κ1) is 43.3. The van der Waals surface area contributed by atoms with E-state index in [4.69, 9.17) is 6.57 Å². The largest absolute Gasteiger partial charge is 0.311 e. The third kappa shape index (κ3) is 10.8. The van der Waals surface area contributed by atoms with Gasteiger partial charge in [-0.1, -0.05) is 127 Å². The molecule has 0 amide bonds. The van der Waals surface area contributed by atoms with E-state index in [0.717, 1.165) is 51.7 Å². The molecule has 0 saturated carbocycles. The van der Waals surface area contributed by atoms with Crippen LogP contribution in [0.4, 0.5) is 34.1 Å². The molecule has 0 saturated heterocycles. The van der Waals surface area contributed by atoms with Gasteiger partial charge in [0.15, 0.2) is 0 Å². The quantitative estimate of drug-likeness (QED) is 0.0318. The molecular formula is C57H40N4O2S2. The monoisotopic (exact) mass is 876 g/mol. The average molecular weight is 877 g/mol. The van der Waals surface area contributed by atoms with Gasteiger partial charge in [-0.15, -0.1) is 22.7 Å². The summed E-state index contributed by atoms with van der Waals surface area (Å²) in [6.07, 6.45) is 11.2. The molecule has 0 radical (unpaired) electrons. The fourth-order valence-corrected chi connectivity index (χ4v) is 8.54. The number of thiophene rings is 2. The topological polar surface area (TPSA) is 68.8 Å². The number of hydrogen-bond donors (Lipinski definition) is 0. The Morgan fingerprint density at radius 3 is 1.31 bits per heavy atom. The molecule has 0 aliphatic rings. The maximum Gasteiger partial charge on any atom is 0.234 e. The first-order valence-electron chi connectivity index (χ1n) is 20.8. The first-order valence-corrected chi connectivity index (χ1v) is 22.5. The molecule has 0 aliphatic carbocycles. The molecule has 2 heterocycles. The summed E-state index contributed by atoms with van der Waals surface area (Å²) in [5.41, 5.74) is 10.6. The van der Waals surface area contributed by atoms with E-state index in [1.165, 1.54) is 33.8 Å². The zero-order valence-electron chi connectivity index (χ0n) is 35.1. The number of allylic oxidation sites excluding steroid dienone is 6. The molecule has 65 heavy (non-hydrogen) atoms. The molecule has 6 aromatic carbocycles. The Morgan fingerprint density at radius 2 is 0.908 bits per heavy atom. The highest BCUT2D eigenvalue weighted by Gasteiger charge is 2.16. The average Bonchev–Trinajstić information content (AvgIpc) is 4.11. The number of anilines is 6. The highest BCUT2D eigenvalue weighted by Crippen LogP contribution is 2.37. The summed E-state index contributed by atoms with van der Waals surface area (Å²) in [6.45, 7) is 7.49. The lowest BCUT2D eigenvalue weighted by molar-refractivity contribution is 0.103. The molecule has 8 rings (SSSR count). The number of ketones is 2. The van der Waals surface area contributed by atoms with Gasteiger partial charge in [0.2, 0.25) is 17.3 Å². The Labute approximate surface area is 387 Å². The van der Waals surface area contributed by atoms with Gasteiger partial charge in [0.25, 0.3) is 0 Å². The van der Waals surface area contributed by atoms with E-state index in [0.29, 0.717) is 9.75 Å². The van der Waals surface area contributed by atoms with Crippen molar-refractivity contribution in [3.8, 4) is 6.07 Å². The normalized spacial score (nSPS) is 11.6. The lowest BCUT2D eigenvalue weighted by Crippen LogP contribution is -2.10. The van der Waals surface area contributed by atoms with Crippen LogP contribution in [0, 0.1) is 17.9 Å². The summed E-state index contributed by atoms with van der Waals surface area (Å²) < 4.78 is 0. The predicted molar refractivity (Wildman–Crippen MR) is 269 cm³/mol. The van der Waals surface area contributed by atoms with Crippen molar-refractivity contribution < 1.29 is 9.59 Å². The molecule has 6 nitrogen and oxygen atoms in total. The minimum absolute atomic E-state index is 0.0860. The van der Waals surface area contributed by atoms with Crippen molar-refractivity contribution in [1.29, 1.82) is 5.26 Å². The second-order valence-corrected chi connectivity index (χ2v) is 16.6. The molecule has 8 heteroatoms. The number of para-hydroxylation sites is 2. The number of nitriles is 1. The van der Waals surface area contributed by atoms with E-state index >= 15 is 0 Å². The summed E-state index contributed by atoms with van der Waals surface area (Å²) in [5, 5.41) is 13.2. The SMILES string of the molecule is [C-]#[N+]/C(=C\C=C/c1ccc(N(c2ccccc2)c2ccc(Cc3ccc(N(c4ccccc4)c4ccc(/C=C\C=C(/C#N)C(=O)c5cccs5)cc4)cc3)cc2)cc1)C(=O)c1cccs1. The molecule has 0 fully saturated rings. The van der Waals surface area contributed by atoms with Gasteiger partial charge in [-0.25, -0.2) is 4.85 Å². The molecule has 0 bridgehead atoms. The Bertz CT molecular complexity index is 2850. The molecule has 8 aromatic rings. The van der Waals surface area contributed by atoms with E-state index in [9.17, 15) is 14.9 Å². The molecule has 0 N–H and O–H groups in total. The minimum atomic E-state index is -0.269. The Kier molecular flexibility index (Phi) is 14.1. The number of benzene rings is 6. The maximum absolute atomic E-state index is 12.7. The van der Waals surface area contributed by atoms with Crippen molar-refractivity contribution in [2.75, 3.05) is 9.80 Å². The number of hydrogen-bond acceptors (Lipinski definition) is 7. The third-order valence-corrected chi connectivity index (χ3v) is 12.2. The molecule has 0 atom stereocenters. The van der Waals surface area contributed by atoms with Crippen molar-refractivity contribution >= 4 is 80.5 Å². The van der Waals surface area contributed by atoms with Crippen LogP contribution in [0.3, 0.4) is 0 Å². The number of Topliss-reactive ketones (excluding diaryl/α,β-unsaturated/α-hetero) is 2. The van der Waals surface area contributed by atoms with Gasteiger partial charge >= 0.3 is 0 Å². The fraction of sp³-hybridized carbons (Fsp3) is 0.0175. The molecule has 312 valence electrons. The van der Waals surface area contributed by atoms with Crippen LogP contribution < -0.4 is 9.80 Å². The van der Waals surface area contributed by atoms with E-state index in [1.807, 2.05) is 95.7 Å². The molecule has 0 aliphatic heterocycles. The van der Waals surface area contributed by atoms with Crippen molar-refractivity contribution in [2.24, 2.45) is 0 Å². The predicted octanol–water partition coefficient (Wildman–Crippen LogP) is 15.4. The summed E-state index contributed by atoms with van der Waals surface area (Å²) in [5.74, 6) is -0.531. The Hall–Kier alpha value is -8.40. The second kappa shape index (κ2) is 21.1. The van der Waals surface area contributed by atoms with Crippen LogP contribution in [0.5, 0.6) is 0 Å². The fourth-order valence-electron chi connectivity index (χ4n) is 7.19. The summed E-state index contributed by atoms with van der Waals surface area (Å²) in [7, 11) is 0. The van der Waals surface area contributed by atoms with Crippen LogP contribution in [0.15, 0.2) is 228 Å². The summed E-state index contributed by atoms with van der Waals surface area (Å²) >= 11 is 2.66. The van der Waals surface area contributed by atoms with E-state index in [-0.39, 0.29) is 22.8 Å². The Balaban J connectivity index is 0.960. The highest BCUT2D eigenvalue weighted by molar-refractivity contribution is 7.12. The third-order valence-electron chi connectivity index (χ3n) is 10.4. The number of nitrogens with zero attached hydrogens (tertiary/aromatic N) is 4. The van der Waals surface area contributed by atoms with Crippen LogP contribution in [-0.4, -0.2) is 11.6 Å². The van der Waals surface area contributed by atoms with Gasteiger partial charge in [-0.2, -0.15) is 5.26 Å². The molecule has 0 spiro atoms. The lowest BCUT2D eigenvalue weighted by atomic mass is 10.0. The van der Waals surface area contributed by atoms with E-state index in [1.54, 1.807) is 42.5 Å². The van der Waals surface area contributed by atoms with Crippen molar-refractivity contribution in [2.45, 2.75) is 6.42 Å². The van der Waals surface area contributed by atoms with Crippen molar-refractivity contribution in [3.05, 3.63) is 272 Å². The van der Waals surface area contributed by atoms with Crippen molar-refractivity contribution in [1.82, 2.24) is 0 Å².